The zero-order valence-corrected chi connectivity index (χ0v) is 8.15. The van der Waals surface area contributed by atoms with Crippen LogP contribution in [0.2, 0.25) is 0 Å². The Labute approximate surface area is 89.1 Å². The molecule has 0 radical (unpaired) electrons. The number of rotatable bonds is 2. The number of nitrogens with zero attached hydrogens (tertiary/aromatic N) is 2. The first kappa shape index (κ1) is 10.9. The summed E-state index contributed by atoms with van der Waals surface area (Å²) in [5.74, 6) is 0. The average molecular weight is 230 g/mol. The topological polar surface area (TPSA) is 38.0 Å². The molecule has 1 aromatic carbocycles. The van der Waals surface area contributed by atoms with Crippen molar-refractivity contribution in [3.05, 3.63) is 30.6 Å². The molecule has 1 unspecified atom stereocenters. The van der Waals surface area contributed by atoms with Crippen LogP contribution >= 0.6 is 0 Å². The minimum absolute atomic E-state index is 0.538. The Kier molecular flexibility index (Phi) is 2.59. The highest BCUT2D eigenvalue weighted by Gasteiger charge is 2.38. The summed E-state index contributed by atoms with van der Waals surface area (Å²) in [6.07, 6.45) is -5.68. The minimum Gasteiger partial charge on any atom is -0.382 e. The van der Waals surface area contributed by atoms with Gasteiger partial charge in [0.2, 0.25) is 0 Å². The number of hydrogen-bond acceptors (Lipinski definition) is 2. The van der Waals surface area contributed by atoms with Crippen molar-refractivity contribution in [1.29, 1.82) is 0 Å². The third-order valence-electron chi connectivity index (χ3n) is 2.27. The standard InChI is InChI=1S/C10H9F3N2O/c11-10(12,13)9(16)5-15-6-14-7-3-1-2-4-8(7)15/h1-4,6,9,16H,5H2. The lowest BCUT2D eigenvalue weighted by Crippen LogP contribution is -2.32. The van der Waals surface area contributed by atoms with E-state index in [0.717, 1.165) is 0 Å². The fraction of sp³-hybridized carbons (Fsp3) is 0.300. The van der Waals surface area contributed by atoms with Gasteiger partial charge >= 0.3 is 6.18 Å². The molecule has 0 aliphatic carbocycles. The fourth-order valence-corrected chi connectivity index (χ4v) is 1.45. The minimum atomic E-state index is -4.61. The first-order chi connectivity index (χ1) is 7.48. The van der Waals surface area contributed by atoms with Gasteiger partial charge in [-0.25, -0.2) is 4.98 Å². The highest BCUT2D eigenvalue weighted by Crippen LogP contribution is 2.22. The van der Waals surface area contributed by atoms with Crippen molar-refractivity contribution in [3.8, 4) is 0 Å². The molecule has 86 valence electrons. The van der Waals surface area contributed by atoms with Gasteiger partial charge < -0.3 is 9.67 Å². The number of halogens is 3. The van der Waals surface area contributed by atoms with Crippen LogP contribution in [0.15, 0.2) is 30.6 Å². The number of hydrogen-bond donors (Lipinski definition) is 1. The molecule has 0 saturated carbocycles. The smallest absolute Gasteiger partial charge is 0.382 e. The molecule has 1 N–H and O–H groups in total. The Bertz CT molecular complexity index is 492. The summed E-state index contributed by atoms with van der Waals surface area (Å²) in [6.45, 7) is -0.538. The second-order valence-electron chi connectivity index (χ2n) is 3.44. The third kappa shape index (κ3) is 2.01. The Morgan fingerprint density at radius 3 is 2.69 bits per heavy atom. The maximum atomic E-state index is 12.2. The lowest BCUT2D eigenvalue weighted by Gasteiger charge is -2.15. The predicted molar refractivity (Wildman–Crippen MR) is 51.8 cm³/mol. The van der Waals surface area contributed by atoms with Gasteiger partial charge in [0.1, 0.15) is 0 Å². The monoisotopic (exact) mass is 230 g/mol. The molecule has 6 heteroatoms. The maximum Gasteiger partial charge on any atom is 0.416 e. The van der Waals surface area contributed by atoms with Gasteiger partial charge in [-0.2, -0.15) is 13.2 Å². The largest absolute Gasteiger partial charge is 0.416 e. The molecule has 0 aliphatic heterocycles. The summed E-state index contributed by atoms with van der Waals surface area (Å²) >= 11 is 0. The summed E-state index contributed by atoms with van der Waals surface area (Å²) in [5.41, 5.74) is 1.18. The van der Waals surface area contributed by atoms with Crippen LogP contribution in [0.25, 0.3) is 11.0 Å². The first-order valence-electron chi connectivity index (χ1n) is 4.63. The molecular weight excluding hydrogens is 221 g/mol. The molecule has 0 aliphatic rings. The lowest BCUT2D eigenvalue weighted by molar-refractivity contribution is -0.207. The number of alkyl halides is 3. The number of aromatic nitrogens is 2. The van der Waals surface area contributed by atoms with Crippen LogP contribution in [0, 0.1) is 0 Å². The quantitative estimate of drug-likeness (QED) is 0.856. The van der Waals surface area contributed by atoms with E-state index in [0.29, 0.717) is 11.0 Å². The number of para-hydroxylation sites is 2. The van der Waals surface area contributed by atoms with E-state index in [2.05, 4.69) is 4.98 Å². The highest BCUT2D eigenvalue weighted by atomic mass is 19.4. The molecule has 0 amide bonds. The van der Waals surface area contributed by atoms with Gasteiger partial charge in [0.05, 0.1) is 23.9 Å². The molecule has 2 rings (SSSR count). The van der Waals surface area contributed by atoms with Crippen molar-refractivity contribution >= 4 is 11.0 Å². The molecule has 16 heavy (non-hydrogen) atoms. The predicted octanol–water partition coefficient (Wildman–Crippen LogP) is 1.96. The van der Waals surface area contributed by atoms with Crippen LogP contribution in [-0.4, -0.2) is 26.9 Å². The van der Waals surface area contributed by atoms with Gasteiger partial charge in [-0.3, -0.25) is 0 Å². The van der Waals surface area contributed by atoms with Crippen molar-refractivity contribution in [2.45, 2.75) is 18.8 Å². The first-order valence-corrected chi connectivity index (χ1v) is 4.63. The van der Waals surface area contributed by atoms with Crippen LogP contribution in [0.5, 0.6) is 0 Å². The van der Waals surface area contributed by atoms with Crippen molar-refractivity contribution in [1.82, 2.24) is 9.55 Å². The van der Waals surface area contributed by atoms with Crippen molar-refractivity contribution < 1.29 is 18.3 Å². The average Bonchev–Trinajstić information content (AvgIpc) is 2.61. The van der Waals surface area contributed by atoms with Crippen molar-refractivity contribution in [2.75, 3.05) is 0 Å². The van der Waals surface area contributed by atoms with E-state index in [1.54, 1.807) is 24.3 Å². The number of imidazole rings is 1. The molecule has 0 bridgehead atoms. The van der Waals surface area contributed by atoms with Crippen LogP contribution in [0.4, 0.5) is 13.2 Å². The summed E-state index contributed by atoms with van der Waals surface area (Å²) in [4.78, 5) is 3.94. The second kappa shape index (κ2) is 3.79. The summed E-state index contributed by atoms with van der Waals surface area (Å²) in [7, 11) is 0. The Hall–Kier alpha value is -1.56. The van der Waals surface area contributed by atoms with E-state index in [9.17, 15) is 13.2 Å². The van der Waals surface area contributed by atoms with E-state index in [1.165, 1.54) is 10.9 Å². The van der Waals surface area contributed by atoms with E-state index in [-0.39, 0.29) is 0 Å². The van der Waals surface area contributed by atoms with Crippen molar-refractivity contribution in [2.24, 2.45) is 0 Å². The Balaban J connectivity index is 2.28. The van der Waals surface area contributed by atoms with E-state index >= 15 is 0 Å². The summed E-state index contributed by atoms with van der Waals surface area (Å²) in [6, 6.07) is 6.82. The number of aliphatic hydroxyl groups is 1. The summed E-state index contributed by atoms with van der Waals surface area (Å²) in [5, 5.41) is 8.94. The zero-order valence-electron chi connectivity index (χ0n) is 8.15. The molecule has 3 nitrogen and oxygen atoms in total. The number of benzene rings is 1. The van der Waals surface area contributed by atoms with Crippen molar-refractivity contribution in [3.63, 3.8) is 0 Å². The van der Waals surface area contributed by atoms with Crippen LogP contribution in [-0.2, 0) is 6.54 Å². The Morgan fingerprint density at radius 2 is 2.00 bits per heavy atom. The van der Waals surface area contributed by atoms with Gasteiger partial charge in [-0.1, -0.05) is 12.1 Å². The summed E-state index contributed by atoms with van der Waals surface area (Å²) < 4.78 is 37.8. The van der Waals surface area contributed by atoms with E-state index < -0.39 is 18.8 Å². The Morgan fingerprint density at radius 1 is 1.31 bits per heavy atom. The normalized spacial score (nSPS) is 14.2. The van der Waals surface area contributed by atoms with Gasteiger partial charge in [-0.05, 0) is 12.1 Å². The molecule has 0 saturated heterocycles. The van der Waals surface area contributed by atoms with Crippen LogP contribution < -0.4 is 0 Å². The van der Waals surface area contributed by atoms with Gasteiger partial charge in [0, 0.05) is 0 Å². The fourth-order valence-electron chi connectivity index (χ4n) is 1.45. The van der Waals surface area contributed by atoms with Gasteiger partial charge in [0.25, 0.3) is 0 Å². The second-order valence-corrected chi connectivity index (χ2v) is 3.44. The third-order valence-corrected chi connectivity index (χ3v) is 2.27. The van der Waals surface area contributed by atoms with Gasteiger partial charge in [-0.15, -0.1) is 0 Å². The van der Waals surface area contributed by atoms with E-state index in [1.807, 2.05) is 0 Å². The molecule has 0 spiro atoms. The SMILES string of the molecule is OC(Cn1cnc2ccccc21)C(F)(F)F. The molecular formula is C10H9F3N2O. The van der Waals surface area contributed by atoms with Crippen LogP contribution in [0.1, 0.15) is 0 Å². The maximum absolute atomic E-state index is 12.2. The molecule has 1 heterocycles. The molecule has 2 aromatic rings. The number of aliphatic hydroxyl groups excluding tert-OH is 1. The lowest BCUT2D eigenvalue weighted by atomic mass is 10.3. The highest BCUT2D eigenvalue weighted by molar-refractivity contribution is 5.74. The molecule has 0 fully saturated rings. The molecule has 1 atom stereocenters. The van der Waals surface area contributed by atoms with Crippen LogP contribution in [0.3, 0.4) is 0 Å². The zero-order chi connectivity index (χ0) is 11.8. The molecule has 1 aromatic heterocycles. The van der Waals surface area contributed by atoms with E-state index in [4.69, 9.17) is 5.11 Å². The van der Waals surface area contributed by atoms with Gasteiger partial charge in [0.15, 0.2) is 6.10 Å². The number of fused-ring (bicyclic) bond motifs is 1.